The lowest BCUT2D eigenvalue weighted by atomic mass is 10.1. The summed E-state index contributed by atoms with van der Waals surface area (Å²) >= 11 is 0. The van der Waals surface area contributed by atoms with Gasteiger partial charge in [-0.3, -0.25) is 4.79 Å². The Balaban J connectivity index is 1.62. The van der Waals surface area contributed by atoms with Crippen LogP contribution in [-0.2, 0) is 11.2 Å². The Kier molecular flexibility index (Phi) is 4.93. The third kappa shape index (κ3) is 4.11. The van der Waals surface area contributed by atoms with E-state index in [9.17, 15) is 4.79 Å². The maximum atomic E-state index is 12.3. The molecule has 23 heavy (non-hydrogen) atoms. The highest BCUT2D eigenvalue weighted by Crippen LogP contribution is 2.23. The summed E-state index contributed by atoms with van der Waals surface area (Å²) in [4.78, 5) is 14.6. The van der Waals surface area contributed by atoms with Gasteiger partial charge in [-0.1, -0.05) is 36.4 Å². The molecule has 2 aromatic carbocycles. The molecule has 1 saturated heterocycles. The van der Waals surface area contributed by atoms with E-state index in [1.807, 2.05) is 48.5 Å². The topological polar surface area (TPSA) is 58.4 Å². The number of carbonyl (C=O) groups is 1. The third-order valence-electron chi connectivity index (χ3n) is 4.22. The van der Waals surface area contributed by atoms with Gasteiger partial charge in [-0.05, 0) is 43.0 Å². The molecule has 0 radical (unpaired) electrons. The molecule has 1 atom stereocenters. The summed E-state index contributed by atoms with van der Waals surface area (Å²) in [6, 6.07) is 17.3. The fourth-order valence-corrected chi connectivity index (χ4v) is 2.95. The van der Waals surface area contributed by atoms with Crippen LogP contribution in [0.5, 0.6) is 0 Å². The number of amides is 1. The first-order valence-corrected chi connectivity index (χ1v) is 8.18. The van der Waals surface area contributed by atoms with Gasteiger partial charge >= 0.3 is 0 Å². The molecule has 0 aliphatic carbocycles. The molecule has 1 unspecified atom stereocenters. The molecule has 1 heterocycles. The van der Waals surface area contributed by atoms with Crippen molar-refractivity contribution in [3.8, 4) is 0 Å². The van der Waals surface area contributed by atoms with Gasteiger partial charge in [0.1, 0.15) is 0 Å². The van der Waals surface area contributed by atoms with E-state index in [0.717, 1.165) is 30.0 Å². The predicted octanol–water partition coefficient (Wildman–Crippen LogP) is 2.80. The van der Waals surface area contributed by atoms with Crippen LogP contribution in [0.25, 0.3) is 0 Å². The van der Waals surface area contributed by atoms with E-state index in [-0.39, 0.29) is 5.91 Å². The van der Waals surface area contributed by atoms with Crippen molar-refractivity contribution in [2.75, 3.05) is 23.3 Å². The second-order valence-corrected chi connectivity index (χ2v) is 6.03. The molecule has 120 valence electrons. The minimum Gasteiger partial charge on any atom is -0.371 e. The first-order chi connectivity index (χ1) is 11.2. The molecule has 1 aliphatic rings. The first-order valence-electron chi connectivity index (χ1n) is 8.18. The second-order valence-electron chi connectivity index (χ2n) is 6.03. The molecule has 1 amide bonds. The third-order valence-corrected chi connectivity index (χ3v) is 4.22. The number of hydrogen-bond acceptors (Lipinski definition) is 3. The van der Waals surface area contributed by atoms with Gasteiger partial charge in [-0.15, -0.1) is 0 Å². The average Bonchev–Trinajstić information content (AvgIpc) is 3.10. The molecule has 0 aromatic heterocycles. The van der Waals surface area contributed by atoms with Crippen LogP contribution < -0.4 is 16.0 Å². The zero-order valence-corrected chi connectivity index (χ0v) is 13.2. The van der Waals surface area contributed by atoms with Crippen LogP contribution in [0, 0.1) is 0 Å². The van der Waals surface area contributed by atoms with Crippen LogP contribution in [0.2, 0.25) is 0 Å². The highest BCUT2D eigenvalue weighted by atomic mass is 16.2. The summed E-state index contributed by atoms with van der Waals surface area (Å²) in [5.74, 6) is -0.146. The Bertz CT molecular complexity index is 651. The Morgan fingerprint density at radius 1 is 1.09 bits per heavy atom. The van der Waals surface area contributed by atoms with Crippen LogP contribution in [-0.4, -0.2) is 25.0 Å². The lowest BCUT2D eigenvalue weighted by Gasteiger charge is -2.19. The molecule has 0 bridgehead atoms. The van der Waals surface area contributed by atoms with Crippen molar-refractivity contribution >= 4 is 17.3 Å². The molecular formula is C19H23N3O. The highest BCUT2D eigenvalue weighted by Gasteiger charge is 2.16. The van der Waals surface area contributed by atoms with E-state index >= 15 is 0 Å². The van der Waals surface area contributed by atoms with Crippen molar-refractivity contribution in [3.05, 3.63) is 60.2 Å². The molecule has 4 nitrogen and oxygen atoms in total. The molecule has 0 spiro atoms. The van der Waals surface area contributed by atoms with E-state index in [1.165, 1.54) is 12.8 Å². The molecule has 3 rings (SSSR count). The summed E-state index contributed by atoms with van der Waals surface area (Å²) in [5.41, 5.74) is 9.08. The number of nitrogens with zero attached hydrogens (tertiary/aromatic N) is 1. The second kappa shape index (κ2) is 7.29. The van der Waals surface area contributed by atoms with Crippen LogP contribution in [0.4, 0.5) is 11.4 Å². The van der Waals surface area contributed by atoms with E-state index in [0.29, 0.717) is 6.42 Å². The summed E-state index contributed by atoms with van der Waals surface area (Å²) in [6.45, 7) is 2.18. The van der Waals surface area contributed by atoms with Crippen molar-refractivity contribution in [1.82, 2.24) is 0 Å². The van der Waals surface area contributed by atoms with Gasteiger partial charge < -0.3 is 16.0 Å². The lowest BCUT2D eigenvalue weighted by molar-refractivity contribution is -0.117. The van der Waals surface area contributed by atoms with Gasteiger partial charge in [-0.2, -0.15) is 0 Å². The molecule has 1 aliphatic heterocycles. The van der Waals surface area contributed by atoms with Gasteiger partial charge in [0.15, 0.2) is 0 Å². The van der Waals surface area contributed by atoms with E-state index in [2.05, 4.69) is 16.3 Å². The number of benzene rings is 2. The maximum Gasteiger partial charge on any atom is 0.241 e. The Hall–Kier alpha value is -2.33. The van der Waals surface area contributed by atoms with E-state index in [4.69, 9.17) is 5.73 Å². The van der Waals surface area contributed by atoms with Crippen molar-refractivity contribution in [2.45, 2.75) is 25.3 Å². The predicted molar refractivity (Wildman–Crippen MR) is 94.6 cm³/mol. The molecule has 4 heteroatoms. The number of rotatable bonds is 5. The number of nitrogens with one attached hydrogen (secondary N) is 1. The molecule has 0 saturated carbocycles. The molecule has 2 aromatic rings. The van der Waals surface area contributed by atoms with E-state index < -0.39 is 6.04 Å². The zero-order valence-electron chi connectivity index (χ0n) is 13.2. The molecular weight excluding hydrogens is 286 g/mol. The van der Waals surface area contributed by atoms with Crippen LogP contribution in [0.1, 0.15) is 18.4 Å². The smallest absolute Gasteiger partial charge is 0.241 e. The van der Waals surface area contributed by atoms with Crippen LogP contribution in [0.15, 0.2) is 54.6 Å². The number of hydrogen-bond donors (Lipinski definition) is 2. The van der Waals surface area contributed by atoms with Crippen molar-refractivity contribution in [1.29, 1.82) is 0 Å². The fourth-order valence-electron chi connectivity index (χ4n) is 2.95. The van der Waals surface area contributed by atoms with Crippen molar-refractivity contribution in [3.63, 3.8) is 0 Å². The summed E-state index contributed by atoms with van der Waals surface area (Å²) in [6.07, 6.45) is 3.01. The quantitative estimate of drug-likeness (QED) is 0.893. The minimum absolute atomic E-state index is 0.146. The van der Waals surface area contributed by atoms with Gasteiger partial charge in [0.25, 0.3) is 0 Å². The monoisotopic (exact) mass is 309 g/mol. The Labute approximate surface area is 137 Å². The summed E-state index contributed by atoms with van der Waals surface area (Å²) in [5, 5.41) is 2.94. The zero-order chi connectivity index (χ0) is 16.1. The van der Waals surface area contributed by atoms with Crippen LogP contribution in [0.3, 0.4) is 0 Å². The molecule has 1 fully saturated rings. The Morgan fingerprint density at radius 2 is 1.83 bits per heavy atom. The van der Waals surface area contributed by atoms with E-state index in [1.54, 1.807) is 0 Å². The SMILES string of the molecule is NC(Cc1ccccc1)C(=O)Nc1cccc(N2CCCC2)c1. The number of carbonyl (C=O) groups excluding carboxylic acids is 1. The Morgan fingerprint density at radius 3 is 2.57 bits per heavy atom. The van der Waals surface area contributed by atoms with Gasteiger partial charge in [0.05, 0.1) is 6.04 Å². The standard InChI is InChI=1S/C19H23N3O/c20-18(13-15-7-2-1-3-8-15)19(23)21-16-9-6-10-17(14-16)22-11-4-5-12-22/h1-3,6-10,14,18H,4-5,11-13,20H2,(H,21,23). The van der Waals surface area contributed by atoms with Gasteiger partial charge in [0.2, 0.25) is 5.91 Å². The highest BCUT2D eigenvalue weighted by molar-refractivity contribution is 5.95. The fraction of sp³-hybridized carbons (Fsp3) is 0.316. The largest absolute Gasteiger partial charge is 0.371 e. The molecule has 3 N–H and O–H groups in total. The minimum atomic E-state index is -0.548. The first kappa shape index (κ1) is 15.6. The summed E-state index contributed by atoms with van der Waals surface area (Å²) < 4.78 is 0. The summed E-state index contributed by atoms with van der Waals surface area (Å²) in [7, 11) is 0. The maximum absolute atomic E-state index is 12.3. The number of anilines is 2. The number of nitrogens with two attached hydrogens (primary N) is 1. The van der Waals surface area contributed by atoms with Gasteiger partial charge in [0, 0.05) is 24.5 Å². The van der Waals surface area contributed by atoms with Crippen molar-refractivity contribution in [2.24, 2.45) is 5.73 Å². The van der Waals surface area contributed by atoms with Crippen LogP contribution >= 0.6 is 0 Å². The normalized spacial score (nSPS) is 15.4. The lowest BCUT2D eigenvalue weighted by Crippen LogP contribution is -2.37. The average molecular weight is 309 g/mol. The van der Waals surface area contributed by atoms with Gasteiger partial charge in [-0.25, -0.2) is 0 Å². The van der Waals surface area contributed by atoms with Crippen molar-refractivity contribution < 1.29 is 4.79 Å².